The van der Waals surface area contributed by atoms with Crippen molar-refractivity contribution in [3.63, 3.8) is 0 Å². The van der Waals surface area contributed by atoms with E-state index in [1.54, 1.807) is 0 Å². The Morgan fingerprint density at radius 1 is 1.18 bits per heavy atom. The number of benzene rings is 1. The Bertz CT molecular complexity index is 1470. The number of fused-ring (bicyclic) bond motifs is 2. The van der Waals surface area contributed by atoms with Crippen molar-refractivity contribution in [1.82, 2.24) is 24.8 Å². The first-order valence-corrected chi connectivity index (χ1v) is 13.8. The highest BCUT2D eigenvalue weighted by Gasteiger charge is 2.76. The highest BCUT2D eigenvalue weighted by Crippen LogP contribution is 2.65. The van der Waals surface area contributed by atoms with Crippen LogP contribution in [0.2, 0.25) is 0 Å². The minimum atomic E-state index is -0.779. The third-order valence-electron chi connectivity index (χ3n) is 10.1. The van der Waals surface area contributed by atoms with E-state index in [0.29, 0.717) is 25.4 Å². The summed E-state index contributed by atoms with van der Waals surface area (Å²) >= 11 is 0. The molecule has 1 aromatic carbocycles. The molecule has 198 valence electrons. The number of hydrogen-bond donors (Lipinski definition) is 2. The molecule has 4 aliphatic heterocycles. The molecule has 2 amide bonds. The van der Waals surface area contributed by atoms with Crippen molar-refractivity contribution in [2.24, 2.45) is 5.41 Å². The Morgan fingerprint density at radius 3 is 2.74 bits per heavy atom. The number of aryl methyl sites for hydroxylation is 1. The molecule has 3 aromatic rings. The minimum absolute atomic E-state index is 0.0120. The number of urea groups is 1. The van der Waals surface area contributed by atoms with Gasteiger partial charge in [-0.15, -0.1) is 5.10 Å². The predicted molar refractivity (Wildman–Crippen MR) is 141 cm³/mol. The van der Waals surface area contributed by atoms with E-state index < -0.39 is 11.0 Å². The van der Waals surface area contributed by atoms with Crippen LogP contribution in [-0.4, -0.2) is 75.1 Å². The summed E-state index contributed by atoms with van der Waals surface area (Å²) in [5.74, 6) is 0.615. The van der Waals surface area contributed by atoms with Crippen LogP contribution in [-0.2, 0) is 15.8 Å². The Morgan fingerprint density at radius 2 is 2.00 bits per heavy atom. The first-order valence-electron chi connectivity index (χ1n) is 13.8. The van der Waals surface area contributed by atoms with Crippen LogP contribution in [0.4, 0.5) is 10.5 Å². The van der Waals surface area contributed by atoms with E-state index in [-0.39, 0.29) is 29.6 Å². The number of amides is 2. The van der Waals surface area contributed by atoms with Gasteiger partial charge in [0.1, 0.15) is 0 Å². The van der Waals surface area contributed by atoms with Crippen molar-refractivity contribution in [1.29, 1.82) is 0 Å². The molecule has 2 N–H and O–H groups in total. The van der Waals surface area contributed by atoms with E-state index in [0.717, 1.165) is 49.2 Å². The molecule has 38 heavy (non-hydrogen) atoms. The van der Waals surface area contributed by atoms with Crippen LogP contribution in [0.3, 0.4) is 0 Å². The van der Waals surface area contributed by atoms with Crippen molar-refractivity contribution in [3.05, 3.63) is 59.5 Å². The Kier molecular flexibility index (Phi) is 4.36. The summed E-state index contributed by atoms with van der Waals surface area (Å²) in [6.07, 6.45) is 5.82. The molecule has 4 atom stereocenters. The third kappa shape index (κ3) is 2.91. The number of nitrogens with zero attached hydrogens (tertiary/aromatic N) is 5. The smallest absolute Gasteiger partial charge is 0.318 e. The van der Waals surface area contributed by atoms with Crippen LogP contribution in [0, 0.1) is 12.3 Å². The Hall–Kier alpha value is -3.17. The van der Waals surface area contributed by atoms with E-state index >= 15 is 0 Å². The lowest BCUT2D eigenvalue weighted by Crippen LogP contribution is -2.67. The van der Waals surface area contributed by atoms with Crippen molar-refractivity contribution in [2.45, 2.75) is 62.1 Å². The number of carbonyl (C=O) groups is 1. The fourth-order valence-corrected chi connectivity index (χ4v) is 7.77. The summed E-state index contributed by atoms with van der Waals surface area (Å²) in [7, 11) is 0. The maximum Gasteiger partial charge on any atom is 0.318 e. The summed E-state index contributed by atoms with van der Waals surface area (Å²) in [5.41, 5.74) is 3.17. The van der Waals surface area contributed by atoms with E-state index in [1.807, 2.05) is 9.42 Å². The molecule has 6 heterocycles. The fourth-order valence-electron chi connectivity index (χ4n) is 7.77. The molecule has 6 fully saturated rings. The summed E-state index contributed by atoms with van der Waals surface area (Å²) < 4.78 is 8.29. The second kappa shape index (κ2) is 7.27. The van der Waals surface area contributed by atoms with Crippen LogP contribution in [0.5, 0.6) is 0 Å². The third-order valence-corrected chi connectivity index (χ3v) is 10.1. The second-order valence-electron chi connectivity index (χ2n) is 12.8. The quantitative estimate of drug-likeness (QED) is 0.544. The van der Waals surface area contributed by atoms with Gasteiger partial charge in [-0.1, -0.05) is 37.3 Å². The summed E-state index contributed by atoms with van der Waals surface area (Å²) in [4.78, 5) is 22.3. The fraction of sp³-hybridized carbons (Fsp3) is 0.552. The molecule has 1 spiro atoms. The molecule has 9 rings (SSSR count). The number of aliphatic hydroxyl groups is 1. The number of carbonyl (C=O) groups excluding carboxylic acids is 1. The maximum absolute atomic E-state index is 13.0. The van der Waals surface area contributed by atoms with Gasteiger partial charge in [-0.05, 0) is 49.8 Å². The van der Waals surface area contributed by atoms with Crippen molar-refractivity contribution < 1.29 is 14.6 Å². The zero-order valence-electron chi connectivity index (χ0n) is 22.0. The average molecular weight is 515 g/mol. The molecular weight excluding hydrogens is 480 g/mol. The molecule has 2 bridgehead atoms. The molecule has 2 aliphatic carbocycles. The Balaban J connectivity index is 1.13. The predicted octanol–water partition coefficient (Wildman–Crippen LogP) is 2.74. The zero-order chi connectivity index (χ0) is 25.9. The van der Waals surface area contributed by atoms with Gasteiger partial charge >= 0.3 is 6.03 Å². The van der Waals surface area contributed by atoms with Gasteiger partial charge < -0.3 is 25.0 Å². The summed E-state index contributed by atoms with van der Waals surface area (Å²) in [5, 5.41) is 18.5. The summed E-state index contributed by atoms with van der Waals surface area (Å²) in [6.45, 7) is 7.43. The average Bonchev–Trinajstić information content (AvgIpc) is 3.38. The molecule has 0 radical (unpaired) electrons. The molecule has 3 unspecified atom stereocenters. The van der Waals surface area contributed by atoms with Crippen LogP contribution >= 0.6 is 0 Å². The molecule has 2 saturated carbocycles. The molecular formula is C29H34N6O3. The molecule has 9 nitrogen and oxygen atoms in total. The first kappa shape index (κ1) is 22.8. The van der Waals surface area contributed by atoms with Crippen LogP contribution in [0.25, 0.3) is 5.65 Å². The number of pyridine rings is 1. The van der Waals surface area contributed by atoms with Gasteiger partial charge in [0.15, 0.2) is 17.1 Å². The van der Waals surface area contributed by atoms with Gasteiger partial charge in [-0.2, -0.15) is 0 Å². The van der Waals surface area contributed by atoms with Crippen LogP contribution in [0.1, 0.15) is 49.6 Å². The lowest BCUT2D eigenvalue weighted by Gasteiger charge is -2.53. The molecule has 2 aromatic heterocycles. The lowest BCUT2D eigenvalue weighted by molar-refractivity contribution is -0.115. The standard InChI is InChI=1S/C29H34N6O3/c1-19-12-21(33-11-10-26(2,15-33)20-6-4-3-5-7-20)13-35-22(19)30-24(32-35)29-14-27(17-36,18-38-29)23(29)34-16-28(8-9-28)31-25(34)37/h3-7,12-13,23,36H,8-11,14-18H2,1-2H3,(H,31,37)/t23?,26-,27?,29?/m0/s1. The van der Waals surface area contributed by atoms with Gasteiger partial charge in [-0.25, -0.2) is 14.3 Å². The number of rotatable bonds is 5. The number of ether oxygens (including phenoxy) is 1. The van der Waals surface area contributed by atoms with Gasteiger partial charge in [0.2, 0.25) is 0 Å². The van der Waals surface area contributed by atoms with Crippen molar-refractivity contribution in [2.75, 3.05) is 37.7 Å². The SMILES string of the molecule is Cc1cc(N2CC[C@](C)(c3ccccc3)C2)cn2nc(C34CC(CO)(CO3)C4N3CC4(CC4)NC3=O)nc12. The number of anilines is 1. The van der Waals surface area contributed by atoms with E-state index in [2.05, 4.69) is 66.7 Å². The van der Waals surface area contributed by atoms with Crippen LogP contribution in [0.15, 0.2) is 42.6 Å². The van der Waals surface area contributed by atoms with Gasteiger partial charge in [0, 0.05) is 30.5 Å². The van der Waals surface area contributed by atoms with Gasteiger partial charge in [-0.3, -0.25) is 0 Å². The first-order chi connectivity index (χ1) is 18.3. The highest BCUT2D eigenvalue weighted by atomic mass is 16.5. The van der Waals surface area contributed by atoms with Crippen LogP contribution < -0.4 is 10.2 Å². The maximum atomic E-state index is 13.0. The summed E-state index contributed by atoms with van der Waals surface area (Å²) in [6, 6.07) is 12.7. The second-order valence-corrected chi connectivity index (χ2v) is 12.8. The number of aliphatic hydroxyl groups excluding tert-OH is 1. The van der Waals surface area contributed by atoms with Gasteiger partial charge in [0.25, 0.3) is 0 Å². The van der Waals surface area contributed by atoms with E-state index in [9.17, 15) is 9.90 Å². The van der Waals surface area contributed by atoms with E-state index in [1.165, 1.54) is 5.56 Å². The van der Waals surface area contributed by atoms with Gasteiger partial charge in [0.05, 0.1) is 36.7 Å². The number of nitrogens with one attached hydrogen (secondary N) is 1. The largest absolute Gasteiger partial charge is 0.396 e. The normalized spacial score (nSPS) is 34.8. The number of aromatic nitrogens is 3. The topological polar surface area (TPSA) is 95.2 Å². The number of hydrogen-bond acceptors (Lipinski definition) is 6. The van der Waals surface area contributed by atoms with Crippen molar-refractivity contribution >= 4 is 17.4 Å². The molecule has 6 aliphatic rings. The lowest BCUT2D eigenvalue weighted by atomic mass is 9.57. The molecule has 9 heteroatoms. The Labute approximate surface area is 221 Å². The molecule has 4 saturated heterocycles. The zero-order valence-corrected chi connectivity index (χ0v) is 22.0. The monoisotopic (exact) mass is 514 g/mol. The van der Waals surface area contributed by atoms with E-state index in [4.69, 9.17) is 14.8 Å². The highest BCUT2D eigenvalue weighted by molar-refractivity contribution is 5.80. The minimum Gasteiger partial charge on any atom is -0.396 e. The van der Waals surface area contributed by atoms with Crippen molar-refractivity contribution in [3.8, 4) is 0 Å².